The lowest BCUT2D eigenvalue weighted by Gasteiger charge is -2.34. The van der Waals surface area contributed by atoms with E-state index in [2.05, 4.69) is 5.32 Å². The highest BCUT2D eigenvalue weighted by atomic mass is 32.2. The van der Waals surface area contributed by atoms with Crippen molar-refractivity contribution in [2.24, 2.45) is 0 Å². The van der Waals surface area contributed by atoms with Crippen LogP contribution in [0.3, 0.4) is 0 Å². The van der Waals surface area contributed by atoms with Crippen LogP contribution in [0.5, 0.6) is 0 Å². The van der Waals surface area contributed by atoms with E-state index in [1.807, 2.05) is 33.2 Å². The molecule has 0 aliphatic carbocycles. The van der Waals surface area contributed by atoms with Gasteiger partial charge in [0.1, 0.15) is 4.90 Å². The summed E-state index contributed by atoms with van der Waals surface area (Å²) in [6.07, 6.45) is -0.138. The number of rotatable bonds is 4. The zero-order chi connectivity index (χ0) is 14.9. The lowest BCUT2D eigenvalue weighted by molar-refractivity contribution is -0.0441. The first-order valence-electron chi connectivity index (χ1n) is 6.73. The zero-order valence-electron chi connectivity index (χ0n) is 12.3. The quantitative estimate of drug-likeness (QED) is 0.915. The fourth-order valence-corrected chi connectivity index (χ4v) is 5.94. The van der Waals surface area contributed by atoms with Crippen LogP contribution in [-0.4, -0.2) is 45.1 Å². The Morgan fingerprint density at radius 1 is 1.40 bits per heavy atom. The molecule has 0 saturated carbocycles. The first-order valence-corrected chi connectivity index (χ1v) is 9.05. The van der Waals surface area contributed by atoms with Crippen LogP contribution in [0.2, 0.25) is 0 Å². The molecule has 0 amide bonds. The van der Waals surface area contributed by atoms with Crippen molar-refractivity contribution in [3.8, 4) is 0 Å². The van der Waals surface area contributed by atoms with Gasteiger partial charge >= 0.3 is 0 Å². The van der Waals surface area contributed by atoms with Crippen molar-refractivity contribution in [3.63, 3.8) is 0 Å². The van der Waals surface area contributed by atoms with Gasteiger partial charge in [0.05, 0.1) is 12.2 Å². The first-order chi connectivity index (χ1) is 9.36. The average molecular weight is 318 g/mol. The van der Waals surface area contributed by atoms with Crippen molar-refractivity contribution in [2.75, 3.05) is 20.1 Å². The van der Waals surface area contributed by atoms with Crippen molar-refractivity contribution in [1.82, 2.24) is 9.62 Å². The molecule has 5 nitrogen and oxygen atoms in total. The topological polar surface area (TPSA) is 58.6 Å². The van der Waals surface area contributed by atoms with E-state index in [4.69, 9.17) is 4.74 Å². The third-order valence-corrected chi connectivity index (χ3v) is 6.61. The second-order valence-electron chi connectivity index (χ2n) is 5.28. The summed E-state index contributed by atoms with van der Waals surface area (Å²) in [7, 11) is -1.62. The molecule has 2 atom stereocenters. The molecule has 1 aromatic heterocycles. The lowest BCUT2D eigenvalue weighted by atomic mass is 10.3. The molecule has 1 aliphatic heterocycles. The van der Waals surface area contributed by atoms with Crippen LogP contribution >= 0.6 is 11.3 Å². The smallest absolute Gasteiger partial charge is 0.244 e. The first kappa shape index (κ1) is 15.9. The van der Waals surface area contributed by atoms with Crippen LogP contribution < -0.4 is 5.32 Å². The summed E-state index contributed by atoms with van der Waals surface area (Å²) in [6, 6.07) is 0. The molecule has 2 heterocycles. The highest BCUT2D eigenvalue weighted by Gasteiger charge is 2.34. The van der Waals surface area contributed by atoms with Crippen molar-refractivity contribution >= 4 is 21.4 Å². The normalized spacial score (nSPS) is 25.0. The van der Waals surface area contributed by atoms with Gasteiger partial charge in [-0.15, -0.1) is 11.3 Å². The Morgan fingerprint density at radius 3 is 2.55 bits per heavy atom. The molecule has 2 unspecified atom stereocenters. The van der Waals surface area contributed by atoms with Crippen LogP contribution in [0, 0.1) is 6.92 Å². The minimum Gasteiger partial charge on any atom is -0.373 e. The molecule has 1 saturated heterocycles. The van der Waals surface area contributed by atoms with Gasteiger partial charge in [-0.25, -0.2) is 8.42 Å². The molecule has 0 spiro atoms. The van der Waals surface area contributed by atoms with E-state index in [0.29, 0.717) is 24.5 Å². The standard InChI is InChI=1S/C13H22N2O3S2/c1-9-8-19-12(5-14-4)13(9)20(16,17)15-6-10(2)18-11(3)7-15/h8,10-11,14H,5-7H2,1-4H3. The highest BCUT2D eigenvalue weighted by molar-refractivity contribution is 7.89. The summed E-state index contributed by atoms with van der Waals surface area (Å²) in [4.78, 5) is 1.34. The van der Waals surface area contributed by atoms with Gasteiger partial charge in [-0.3, -0.25) is 0 Å². The number of hydrogen-bond acceptors (Lipinski definition) is 5. The Kier molecular flexibility index (Phi) is 4.86. The Morgan fingerprint density at radius 2 is 2.00 bits per heavy atom. The number of nitrogens with one attached hydrogen (secondary N) is 1. The maximum atomic E-state index is 12.9. The molecule has 2 rings (SSSR count). The molecule has 7 heteroatoms. The maximum absolute atomic E-state index is 12.9. The second-order valence-corrected chi connectivity index (χ2v) is 8.12. The molecule has 1 N–H and O–H groups in total. The van der Waals surface area contributed by atoms with E-state index in [1.165, 1.54) is 11.3 Å². The molecule has 0 aromatic carbocycles. The lowest BCUT2D eigenvalue weighted by Crippen LogP contribution is -2.48. The van der Waals surface area contributed by atoms with E-state index < -0.39 is 10.0 Å². The molecule has 1 aromatic rings. The zero-order valence-corrected chi connectivity index (χ0v) is 14.0. The van der Waals surface area contributed by atoms with Crippen molar-refractivity contribution in [2.45, 2.75) is 44.4 Å². The van der Waals surface area contributed by atoms with Crippen LogP contribution in [0.1, 0.15) is 24.3 Å². The van der Waals surface area contributed by atoms with Gasteiger partial charge in [0, 0.05) is 24.5 Å². The molecule has 114 valence electrons. The average Bonchev–Trinajstić information content (AvgIpc) is 2.70. The SMILES string of the molecule is CNCc1scc(C)c1S(=O)(=O)N1CC(C)OC(C)C1. The summed E-state index contributed by atoms with van der Waals surface area (Å²) in [5.74, 6) is 0. The summed E-state index contributed by atoms with van der Waals surface area (Å²) in [6.45, 7) is 7.08. The van der Waals surface area contributed by atoms with E-state index >= 15 is 0 Å². The summed E-state index contributed by atoms with van der Waals surface area (Å²) < 4.78 is 33.0. The third-order valence-electron chi connectivity index (χ3n) is 3.31. The highest BCUT2D eigenvalue weighted by Crippen LogP contribution is 2.30. The number of nitrogens with zero attached hydrogens (tertiary/aromatic N) is 1. The minimum atomic E-state index is -3.44. The fraction of sp³-hybridized carbons (Fsp3) is 0.692. The second kappa shape index (κ2) is 6.11. The number of hydrogen-bond donors (Lipinski definition) is 1. The molecule has 1 fully saturated rings. The summed E-state index contributed by atoms with van der Waals surface area (Å²) >= 11 is 1.49. The summed E-state index contributed by atoms with van der Waals surface area (Å²) in [5.41, 5.74) is 0.826. The Hall–Kier alpha value is -0.470. The monoisotopic (exact) mass is 318 g/mol. The third kappa shape index (κ3) is 3.07. The number of morpholine rings is 1. The largest absolute Gasteiger partial charge is 0.373 e. The molecule has 1 aliphatic rings. The van der Waals surface area contributed by atoms with E-state index in [0.717, 1.165) is 10.4 Å². The van der Waals surface area contributed by atoms with Crippen molar-refractivity contribution in [3.05, 3.63) is 15.8 Å². The molecule has 0 radical (unpaired) electrons. The van der Waals surface area contributed by atoms with E-state index in [1.54, 1.807) is 4.31 Å². The van der Waals surface area contributed by atoms with Gasteiger partial charge in [-0.1, -0.05) is 0 Å². The predicted octanol–water partition coefficient (Wildman–Crippen LogP) is 1.57. The van der Waals surface area contributed by atoms with Gasteiger partial charge in [0.15, 0.2) is 0 Å². The molecule has 20 heavy (non-hydrogen) atoms. The van der Waals surface area contributed by atoms with E-state index in [9.17, 15) is 8.42 Å². The van der Waals surface area contributed by atoms with Crippen molar-refractivity contribution < 1.29 is 13.2 Å². The van der Waals surface area contributed by atoms with Gasteiger partial charge in [-0.2, -0.15) is 4.31 Å². The summed E-state index contributed by atoms with van der Waals surface area (Å²) in [5, 5.41) is 4.94. The van der Waals surface area contributed by atoms with E-state index in [-0.39, 0.29) is 12.2 Å². The van der Waals surface area contributed by atoms with Crippen molar-refractivity contribution in [1.29, 1.82) is 0 Å². The number of aryl methyl sites for hydroxylation is 1. The maximum Gasteiger partial charge on any atom is 0.244 e. The van der Waals surface area contributed by atoms with Gasteiger partial charge in [0.2, 0.25) is 10.0 Å². The molecular weight excluding hydrogens is 296 g/mol. The van der Waals surface area contributed by atoms with Crippen LogP contribution in [0.4, 0.5) is 0 Å². The minimum absolute atomic E-state index is 0.0692. The molecule has 0 bridgehead atoms. The van der Waals surface area contributed by atoms with Gasteiger partial charge < -0.3 is 10.1 Å². The Balaban J connectivity index is 2.37. The van der Waals surface area contributed by atoms with Crippen LogP contribution in [0.25, 0.3) is 0 Å². The van der Waals surface area contributed by atoms with Gasteiger partial charge in [-0.05, 0) is 38.8 Å². The Bertz CT molecular complexity index is 558. The predicted molar refractivity (Wildman–Crippen MR) is 80.6 cm³/mol. The number of sulfonamides is 1. The Labute approximate surface area is 125 Å². The number of thiophene rings is 1. The fourth-order valence-electron chi connectivity index (χ4n) is 2.57. The van der Waals surface area contributed by atoms with Crippen LogP contribution in [-0.2, 0) is 21.3 Å². The van der Waals surface area contributed by atoms with Gasteiger partial charge in [0.25, 0.3) is 0 Å². The number of ether oxygens (including phenoxy) is 1. The van der Waals surface area contributed by atoms with Crippen LogP contribution in [0.15, 0.2) is 10.3 Å². The molecular formula is C13H22N2O3S2.